The third kappa shape index (κ3) is 8.85. The summed E-state index contributed by atoms with van der Waals surface area (Å²) in [5, 5.41) is 9.44. The molecule has 0 radical (unpaired) electrons. The minimum atomic E-state index is -0.0571. The van der Waals surface area contributed by atoms with Gasteiger partial charge in [-0.05, 0) is 43.4 Å². The van der Waals surface area contributed by atoms with Gasteiger partial charge in [0, 0.05) is 39.4 Å². The van der Waals surface area contributed by atoms with Gasteiger partial charge in [-0.25, -0.2) is 0 Å². The number of benzene rings is 1. The molecule has 0 spiro atoms. The number of amides is 1. The first-order valence-corrected chi connectivity index (χ1v) is 9.38. The monoisotopic (exact) mass is 362 g/mol. The summed E-state index contributed by atoms with van der Waals surface area (Å²) in [6.07, 6.45) is 2.11. The Labute approximate surface area is 157 Å². The summed E-state index contributed by atoms with van der Waals surface area (Å²) in [4.78, 5) is 15.3. The number of nitrogens with one attached hydrogen (secondary N) is 3. The van der Waals surface area contributed by atoms with E-state index in [-0.39, 0.29) is 12.0 Å². The van der Waals surface area contributed by atoms with Gasteiger partial charge < -0.3 is 20.7 Å². The highest BCUT2D eigenvalue weighted by molar-refractivity contribution is 5.88. The zero-order valence-electron chi connectivity index (χ0n) is 16.8. The van der Waals surface area contributed by atoms with Crippen molar-refractivity contribution >= 4 is 17.6 Å². The Morgan fingerprint density at radius 2 is 1.81 bits per heavy atom. The summed E-state index contributed by atoms with van der Waals surface area (Å²) in [5.74, 6) is 1.25. The van der Waals surface area contributed by atoms with E-state index < -0.39 is 0 Å². The normalized spacial score (nSPS) is 12.8. The van der Waals surface area contributed by atoms with Gasteiger partial charge >= 0.3 is 0 Å². The Morgan fingerprint density at radius 3 is 2.35 bits per heavy atom. The molecule has 3 N–H and O–H groups in total. The van der Waals surface area contributed by atoms with Gasteiger partial charge in [-0.15, -0.1) is 0 Å². The van der Waals surface area contributed by atoms with Crippen molar-refractivity contribution in [2.75, 3.05) is 32.1 Å². The molecule has 0 fully saturated rings. The molecule has 6 heteroatoms. The van der Waals surface area contributed by atoms with E-state index in [1.54, 1.807) is 7.05 Å². The topological polar surface area (TPSA) is 74.8 Å². The zero-order valence-corrected chi connectivity index (χ0v) is 16.8. The minimum absolute atomic E-state index is 0.0571. The highest BCUT2D eigenvalue weighted by Crippen LogP contribution is 2.10. The number of hydrogen-bond acceptors (Lipinski definition) is 3. The van der Waals surface area contributed by atoms with Crippen molar-refractivity contribution in [3.8, 4) is 0 Å². The predicted molar refractivity (Wildman–Crippen MR) is 109 cm³/mol. The van der Waals surface area contributed by atoms with Crippen LogP contribution in [0.4, 0.5) is 5.69 Å². The highest BCUT2D eigenvalue weighted by Gasteiger charge is 2.12. The maximum absolute atomic E-state index is 11.0. The molecule has 1 amide bonds. The number of ether oxygens (including phenoxy) is 1. The number of guanidine groups is 1. The molecule has 0 saturated heterocycles. The van der Waals surface area contributed by atoms with E-state index in [1.165, 1.54) is 12.5 Å². The molecule has 1 aromatic carbocycles. The molecule has 0 saturated carbocycles. The van der Waals surface area contributed by atoms with Crippen LogP contribution in [0.25, 0.3) is 0 Å². The van der Waals surface area contributed by atoms with Crippen LogP contribution in [0.15, 0.2) is 29.3 Å². The highest BCUT2D eigenvalue weighted by atomic mass is 16.5. The molecule has 0 aliphatic rings. The maximum atomic E-state index is 11.0. The summed E-state index contributed by atoms with van der Waals surface area (Å²) >= 11 is 0. The second-order valence-corrected chi connectivity index (χ2v) is 6.58. The molecule has 0 bridgehead atoms. The lowest BCUT2D eigenvalue weighted by Gasteiger charge is -2.21. The molecule has 26 heavy (non-hydrogen) atoms. The molecule has 146 valence electrons. The Balaban J connectivity index is 2.32. The van der Waals surface area contributed by atoms with Crippen LogP contribution in [-0.4, -0.2) is 44.7 Å². The fourth-order valence-electron chi connectivity index (χ4n) is 2.66. The first-order valence-electron chi connectivity index (χ1n) is 9.38. The van der Waals surface area contributed by atoms with Crippen molar-refractivity contribution < 1.29 is 9.53 Å². The van der Waals surface area contributed by atoms with E-state index in [0.29, 0.717) is 5.92 Å². The molecule has 0 aliphatic carbocycles. The fraction of sp³-hybridized carbons (Fsp3) is 0.600. The average molecular weight is 363 g/mol. The smallest absolute Gasteiger partial charge is 0.221 e. The fourth-order valence-corrected chi connectivity index (χ4v) is 2.66. The van der Waals surface area contributed by atoms with Crippen LogP contribution in [0.3, 0.4) is 0 Å². The first kappa shape index (κ1) is 22.0. The molecule has 6 nitrogen and oxygen atoms in total. The quantitative estimate of drug-likeness (QED) is 0.442. The number of carbonyl (C=O) groups excluding carboxylic acids is 1. The van der Waals surface area contributed by atoms with Crippen LogP contribution < -0.4 is 16.0 Å². The predicted octanol–water partition coefficient (Wildman–Crippen LogP) is 2.80. The Bertz CT molecular complexity index is 555. The number of rotatable bonds is 10. The lowest BCUT2D eigenvalue weighted by atomic mass is 10.0. The number of hydrogen-bond donors (Lipinski definition) is 3. The Morgan fingerprint density at radius 1 is 1.15 bits per heavy atom. The summed E-state index contributed by atoms with van der Waals surface area (Å²) in [6, 6.07) is 7.89. The lowest BCUT2D eigenvalue weighted by Crippen LogP contribution is -2.40. The lowest BCUT2D eigenvalue weighted by molar-refractivity contribution is -0.114. The molecule has 1 rings (SSSR count). The second-order valence-electron chi connectivity index (χ2n) is 6.58. The van der Waals surface area contributed by atoms with Crippen molar-refractivity contribution in [2.45, 2.75) is 46.6 Å². The van der Waals surface area contributed by atoms with Crippen molar-refractivity contribution in [2.24, 2.45) is 10.9 Å². The number of anilines is 1. The molecular formula is C20H34N4O2. The van der Waals surface area contributed by atoms with Gasteiger partial charge in [-0.3, -0.25) is 9.79 Å². The average Bonchev–Trinajstić information content (AvgIpc) is 2.60. The van der Waals surface area contributed by atoms with E-state index in [0.717, 1.165) is 44.2 Å². The van der Waals surface area contributed by atoms with Gasteiger partial charge in [-0.1, -0.05) is 26.0 Å². The second kappa shape index (κ2) is 12.3. The van der Waals surface area contributed by atoms with Crippen molar-refractivity contribution in [3.63, 3.8) is 0 Å². The molecule has 0 aliphatic heterocycles. The van der Waals surface area contributed by atoms with Crippen LogP contribution in [-0.2, 0) is 16.0 Å². The largest absolute Gasteiger partial charge is 0.378 e. The number of nitrogens with zero attached hydrogens (tertiary/aromatic N) is 1. The third-order valence-electron chi connectivity index (χ3n) is 4.05. The molecule has 1 atom stereocenters. The maximum Gasteiger partial charge on any atom is 0.221 e. The van der Waals surface area contributed by atoms with Crippen LogP contribution >= 0.6 is 0 Å². The van der Waals surface area contributed by atoms with Crippen LogP contribution in [0.2, 0.25) is 0 Å². The van der Waals surface area contributed by atoms with Gasteiger partial charge in [0.2, 0.25) is 5.91 Å². The van der Waals surface area contributed by atoms with Gasteiger partial charge in [0.1, 0.15) is 0 Å². The van der Waals surface area contributed by atoms with Crippen LogP contribution in [0.1, 0.15) is 39.7 Å². The molecule has 0 aromatic heterocycles. The summed E-state index contributed by atoms with van der Waals surface area (Å²) < 4.78 is 5.76. The summed E-state index contributed by atoms with van der Waals surface area (Å²) in [6.45, 7) is 10.3. The van der Waals surface area contributed by atoms with Gasteiger partial charge in [-0.2, -0.15) is 0 Å². The van der Waals surface area contributed by atoms with Crippen LogP contribution in [0.5, 0.6) is 0 Å². The van der Waals surface area contributed by atoms with E-state index in [2.05, 4.69) is 34.8 Å². The zero-order chi connectivity index (χ0) is 19.4. The van der Waals surface area contributed by atoms with Gasteiger partial charge in [0.05, 0.1) is 6.10 Å². The van der Waals surface area contributed by atoms with Crippen molar-refractivity contribution in [3.05, 3.63) is 29.8 Å². The SMILES string of the molecule is CCOC(CCNC(=NC)NCCc1ccc(NC(C)=O)cc1)C(C)C. The Kier molecular flexibility index (Phi) is 10.4. The van der Waals surface area contributed by atoms with E-state index >= 15 is 0 Å². The summed E-state index contributed by atoms with van der Waals surface area (Å²) in [5.41, 5.74) is 2.03. The Hall–Kier alpha value is -2.08. The van der Waals surface area contributed by atoms with Crippen molar-refractivity contribution in [1.29, 1.82) is 0 Å². The van der Waals surface area contributed by atoms with Gasteiger partial charge in [0.15, 0.2) is 5.96 Å². The van der Waals surface area contributed by atoms with E-state index in [4.69, 9.17) is 4.74 Å². The third-order valence-corrected chi connectivity index (χ3v) is 4.05. The molecule has 1 unspecified atom stereocenters. The molecule has 1 aromatic rings. The van der Waals surface area contributed by atoms with Crippen molar-refractivity contribution in [1.82, 2.24) is 10.6 Å². The first-order chi connectivity index (χ1) is 12.5. The molecule has 0 heterocycles. The van der Waals surface area contributed by atoms with E-state index in [1.807, 2.05) is 31.2 Å². The minimum Gasteiger partial charge on any atom is -0.378 e. The number of carbonyl (C=O) groups is 1. The van der Waals surface area contributed by atoms with Crippen LogP contribution in [0, 0.1) is 5.92 Å². The number of aliphatic imine (C=N–C) groups is 1. The summed E-state index contributed by atoms with van der Waals surface area (Å²) in [7, 11) is 1.78. The standard InChI is InChI=1S/C20H34N4O2/c1-6-26-19(15(2)3)12-14-23-20(21-5)22-13-11-17-7-9-18(10-8-17)24-16(4)25/h7-10,15,19H,6,11-14H2,1-5H3,(H,24,25)(H2,21,22,23). The van der Waals surface area contributed by atoms with E-state index in [9.17, 15) is 4.79 Å². The van der Waals surface area contributed by atoms with Gasteiger partial charge in [0.25, 0.3) is 0 Å². The molecular weight excluding hydrogens is 328 g/mol.